The second-order valence-corrected chi connectivity index (χ2v) is 5.13. The average Bonchev–Trinajstić information content (AvgIpc) is 2.88. The molecule has 0 radical (unpaired) electrons. The van der Waals surface area contributed by atoms with Gasteiger partial charge in [0.2, 0.25) is 0 Å². The van der Waals surface area contributed by atoms with Crippen molar-refractivity contribution >= 4 is 11.7 Å². The Labute approximate surface area is 113 Å². The van der Waals surface area contributed by atoms with Crippen molar-refractivity contribution < 1.29 is 23.2 Å². The van der Waals surface area contributed by atoms with Gasteiger partial charge in [0.25, 0.3) is 11.6 Å². The lowest BCUT2D eigenvalue weighted by molar-refractivity contribution is -0.384. The zero-order valence-corrected chi connectivity index (χ0v) is 10.8. The molecular formula is C13H13F2NO4. The molecule has 1 atom stereocenters. The van der Waals surface area contributed by atoms with Crippen LogP contribution in [-0.2, 0) is 4.74 Å². The van der Waals surface area contributed by atoms with E-state index in [0.717, 1.165) is 0 Å². The van der Waals surface area contributed by atoms with E-state index >= 15 is 0 Å². The first-order valence-corrected chi connectivity index (χ1v) is 6.05. The van der Waals surface area contributed by atoms with Gasteiger partial charge in [0.05, 0.1) is 17.1 Å². The third kappa shape index (κ3) is 2.76. The van der Waals surface area contributed by atoms with E-state index in [1.54, 1.807) is 0 Å². The van der Waals surface area contributed by atoms with Gasteiger partial charge in [-0.3, -0.25) is 10.1 Å². The van der Waals surface area contributed by atoms with Gasteiger partial charge < -0.3 is 4.74 Å². The summed E-state index contributed by atoms with van der Waals surface area (Å²) in [6.45, 7) is 1.36. The van der Waals surface area contributed by atoms with Crippen LogP contribution in [0.3, 0.4) is 0 Å². The molecule has 0 bridgehead atoms. The van der Waals surface area contributed by atoms with E-state index in [9.17, 15) is 23.7 Å². The minimum absolute atomic E-state index is 0.0953. The van der Waals surface area contributed by atoms with E-state index < -0.39 is 22.2 Å². The Bertz CT molecular complexity index is 544. The summed E-state index contributed by atoms with van der Waals surface area (Å²) in [5, 5.41) is 10.5. The summed E-state index contributed by atoms with van der Waals surface area (Å²) >= 11 is 0. The molecule has 1 aliphatic rings. The number of nitro benzene ring substituents is 1. The van der Waals surface area contributed by atoms with Crippen molar-refractivity contribution in [2.75, 3.05) is 6.61 Å². The van der Waals surface area contributed by atoms with E-state index in [2.05, 4.69) is 0 Å². The summed E-state index contributed by atoms with van der Waals surface area (Å²) in [6.07, 6.45) is -0.0895. The standard InChI is InChI=1S/C13H13F2NO4/c1-12(8-13(12,14)15)6-7-20-11(17)9-2-4-10(5-3-9)16(18)19/h2-5H,6-8H2,1H3. The van der Waals surface area contributed by atoms with Gasteiger partial charge in [0, 0.05) is 24.0 Å². The Kier molecular flexibility index (Phi) is 3.45. The molecule has 1 fully saturated rings. The maximum atomic E-state index is 12.9. The Morgan fingerprint density at radius 3 is 2.40 bits per heavy atom. The van der Waals surface area contributed by atoms with Crippen molar-refractivity contribution in [2.24, 2.45) is 5.41 Å². The summed E-state index contributed by atoms with van der Waals surface area (Å²) in [5.74, 6) is -3.35. The summed E-state index contributed by atoms with van der Waals surface area (Å²) in [7, 11) is 0. The van der Waals surface area contributed by atoms with Gasteiger partial charge >= 0.3 is 5.97 Å². The molecule has 0 aliphatic heterocycles. The molecule has 1 aromatic rings. The number of hydrogen-bond donors (Lipinski definition) is 0. The molecule has 1 aromatic carbocycles. The first kappa shape index (κ1) is 14.4. The maximum Gasteiger partial charge on any atom is 0.338 e. The number of nitrogens with zero attached hydrogens (tertiary/aromatic N) is 1. The summed E-state index contributed by atoms with van der Waals surface area (Å²) in [4.78, 5) is 21.5. The van der Waals surface area contributed by atoms with Crippen LogP contribution < -0.4 is 0 Å². The number of carbonyl (C=O) groups is 1. The topological polar surface area (TPSA) is 69.4 Å². The molecule has 7 heteroatoms. The number of alkyl halides is 2. The van der Waals surface area contributed by atoms with Crippen LogP contribution in [-0.4, -0.2) is 23.4 Å². The third-order valence-electron chi connectivity index (χ3n) is 3.57. The van der Waals surface area contributed by atoms with Crippen LogP contribution in [0.25, 0.3) is 0 Å². The summed E-state index contributed by atoms with van der Waals surface area (Å²) in [6, 6.07) is 4.92. The molecule has 0 saturated heterocycles. The molecule has 1 aliphatic carbocycles. The Hall–Kier alpha value is -2.05. The van der Waals surface area contributed by atoms with Gasteiger partial charge in [0.15, 0.2) is 0 Å². The zero-order valence-electron chi connectivity index (χ0n) is 10.8. The first-order chi connectivity index (χ1) is 9.25. The van der Waals surface area contributed by atoms with Crippen molar-refractivity contribution in [3.63, 3.8) is 0 Å². The lowest BCUT2D eigenvalue weighted by atomic mass is 10.1. The van der Waals surface area contributed by atoms with Crippen LogP contribution in [0.1, 0.15) is 30.1 Å². The predicted octanol–water partition coefficient (Wildman–Crippen LogP) is 3.19. The molecule has 5 nitrogen and oxygen atoms in total. The molecule has 0 spiro atoms. The normalized spacial score (nSPS) is 23.1. The van der Waals surface area contributed by atoms with Gasteiger partial charge in [-0.15, -0.1) is 0 Å². The first-order valence-electron chi connectivity index (χ1n) is 6.05. The highest BCUT2D eigenvalue weighted by atomic mass is 19.3. The number of esters is 1. The zero-order chi connectivity index (χ0) is 15.0. The number of hydrogen-bond acceptors (Lipinski definition) is 4. The monoisotopic (exact) mass is 285 g/mol. The number of nitro groups is 1. The van der Waals surface area contributed by atoms with E-state index in [1.165, 1.54) is 31.2 Å². The van der Waals surface area contributed by atoms with Crippen molar-refractivity contribution in [1.29, 1.82) is 0 Å². The lowest BCUT2D eigenvalue weighted by Crippen LogP contribution is -2.13. The third-order valence-corrected chi connectivity index (χ3v) is 3.57. The average molecular weight is 285 g/mol. The summed E-state index contributed by atoms with van der Waals surface area (Å²) in [5.41, 5.74) is -1.06. The molecular weight excluding hydrogens is 272 g/mol. The molecule has 0 heterocycles. The van der Waals surface area contributed by atoms with Crippen LogP contribution in [0.5, 0.6) is 0 Å². The van der Waals surface area contributed by atoms with Crippen LogP contribution in [0.2, 0.25) is 0 Å². The second kappa shape index (κ2) is 4.81. The van der Waals surface area contributed by atoms with E-state index in [0.29, 0.717) is 0 Å². The van der Waals surface area contributed by atoms with Crippen LogP contribution in [0.4, 0.5) is 14.5 Å². The van der Waals surface area contributed by atoms with Crippen molar-refractivity contribution in [1.82, 2.24) is 0 Å². The largest absolute Gasteiger partial charge is 0.462 e. The van der Waals surface area contributed by atoms with Crippen LogP contribution in [0, 0.1) is 15.5 Å². The molecule has 20 heavy (non-hydrogen) atoms. The van der Waals surface area contributed by atoms with E-state index in [1.807, 2.05) is 0 Å². The molecule has 108 valence electrons. The fraction of sp³-hybridized carbons (Fsp3) is 0.462. The van der Waals surface area contributed by atoms with Crippen LogP contribution >= 0.6 is 0 Å². The number of carbonyl (C=O) groups excluding carboxylic acids is 1. The number of benzene rings is 1. The molecule has 0 N–H and O–H groups in total. The highest BCUT2D eigenvalue weighted by Gasteiger charge is 2.67. The minimum atomic E-state index is -2.67. The van der Waals surface area contributed by atoms with Gasteiger partial charge in [-0.25, -0.2) is 13.6 Å². The highest BCUT2D eigenvalue weighted by Crippen LogP contribution is 2.62. The predicted molar refractivity (Wildman–Crippen MR) is 65.7 cm³/mol. The molecule has 1 unspecified atom stereocenters. The fourth-order valence-electron chi connectivity index (χ4n) is 1.89. The number of ether oxygens (including phenoxy) is 1. The van der Waals surface area contributed by atoms with Gasteiger partial charge in [-0.05, 0) is 18.6 Å². The Balaban J connectivity index is 1.85. The van der Waals surface area contributed by atoms with Crippen molar-refractivity contribution in [3.8, 4) is 0 Å². The molecule has 0 aromatic heterocycles. The fourth-order valence-corrected chi connectivity index (χ4v) is 1.89. The highest BCUT2D eigenvalue weighted by molar-refractivity contribution is 5.89. The lowest BCUT2D eigenvalue weighted by Gasteiger charge is -2.10. The molecule has 1 saturated carbocycles. The van der Waals surface area contributed by atoms with Crippen molar-refractivity contribution in [3.05, 3.63) is 39.9 Å². The van der Waals surface area contributed by atoms with Crippen molar-refractivity contribution in [2.45, 2.75) is 25.7 Å². The second-order valence-electron chi connectivity index (χ2n) is 5.13. The molecule has 0 amide bonds. The SMILES string of the molecule is CC1(CCOC(=O)c2ccc([N+](=O)[O-])cc2)CC1(F)F. The Morgan fingerprint density at radius 2 is 1.95 bits per heavy atom. The van der Waals surface area contributed by atoms with Gasteiger partial charge in [0.1, 0.15) is 0 Å². The van der Waals surface area contributed by atoms with Gasteiger partial charge in [-0.2, -0.15) is 0 Å². The number of non-ortho nitro benzene ring substituents is 1. The Morgan fingerprint density at radius 1 is 1.40 bits per heavy atom. The van der Waals surface area contributed by atoms with Crippen LogP contribution in [0.15, 0.2) is 24.3 Å². The van der Waals surface area contributed by atoms with E-state index in [-0.39, 0.29) is 30.7 Å². The quantitative estimate of drug-likeness (QED) is 0.473. The smallest absolute Gasteiger partial charge is 0.338 e. The maximum absolute atomic E-state index is 12.9. The van der Waals surface area contributed by atoms with Gasteiger partial charge in [-0.1, -0.05) is 6.92 Å². The number of halogens is 2. The summed E-state index contributed by atoms with van der Waals surface area (Å²) < 4.78 is 30.8. The minimum Gasteiger partial charge on any atom is -0.462 e. The van der Waals surface area contributed by atoms with E-state index in [4.69, 9.17) is 4.74 Å². The molecule has 2 rings (SSSR count). The number of rotatable bonds is 5.